The number of benzene rings is 2. The molecule has 0 amide bonds. The molecule has 0 fully saturated rings. The first kappa shape index (κ1) is 15.6. The van der Waals surface area contributed by atoms with E-state index < -0.39 is 6.61 Å². The van der Waals surface area contributed by atoms with Gasteiger partial charge in [0.15, 0.2) is 0 Å². The summed E-state index contributed by atoms with van der Waals surface area (Å²) in [5.41, 5.74) is 3.27. The standard InChI is InChI=1S/C17H11F2N3O2S/c1-8-5-9(16-22-10-3-2-4-12(23)15(10)25-16)14-11(6-8)21-13(7-20-14)24-17(18)19/h2-7,17,23H,1H3. The van der Waals surface area contributed by atoms with Gasteiger partial charge >= 0.3 is 6.61 Å². The fraction of sp³-hybridized carbons (Fsp3) is 0.118. The van der Waals surface area contributed by atoms with Crippen LogP contribution in [-0.2, 0) is 0 Å². The molecule has 1 N–H and O–H groups in total. The molecule has 2 aromatic carbocycles. The lowest BCUT2D eigenvalue weighted by molar-refractivity contribution is -0.0528. The third-order valence-electron chi connectivity index (χ3n) is 3.60. The molecule has 0 aliphatic carbocycles. The number of aryl methyl sites for hydroxylation is 1. The SMILES string of the molecule is Cc1cc(-c2nc3cccc(O)c3s2)c2ncc(OC(F)F)nc2c1. The highest BCUT2D eigenvalue weighted by Crippen LogP contribution is 2.37. The molecule has 0 aliphatic rings. The Hall–Kier alpha value is -2.87. The molecule has 0 unspecified atom stereocenters. The fourth-order valence-electron chi connectivity index (χ4n) is 2.61. The predicted molar refractivity (Wildman–Crippen MR) is 91.2 cm³/mol. The van der Waals surface area contributed by atoms with Gasteiger partial charge in [0, 0.05) is 5.56 Å². The normalized spacial score (nSPS) is 11.5. The van der Waals surface area contributed by atoms with Crippen LogP contribution in [0.5, 0.6) is 11.6 Å². The minimum Gasteiger partial charge on any atom is -0.506 e. The van der Waals surface area contributed by atoms with Crippen LogP contribution in [-0.4, -0.2) is 26.7 Å². The molecular formula is C17H11F2N3O2S. The highest BCUT2D eigenvalue weighted by molar-refractivity contribution is 7.22. The van der Waals surface area contributed by atoms with Gasteiger partial charge in [-0.1, -0.05) is 6.07 Å². The number of aromatic nitrogens is 3. The summed E-state index contributed by atoms with van der Waals surface area (Å²) in [5, 5.41) is 10.6. The van der Waals surface area contributed by atoms with Gasteiger partial charge < -0.3 is 9.84 Å². The van der Waals surface area contributed by atoms with Gasteiger partial charge in [0.1, 0.15) is 10.8 Å². The summed E-state index contributed by atoms with van der Waals surface area (Å²) in [6.07, 6.45) is 1.16. The van der Waals surface area contributed by atoms with E-state index in [0.717, 1.165) is 17.3 Å². The molecule has 0 radical (unpaired) electrons. The number of aromatic hydroxyl groups is 1. The quantitative estimate of drug-likeness (QED) is 0.582. The van der Waals surface area contributed by atoms with E-state index in [9.17, 15) is 13.9 Å². The maximum Gasteiger partial charge on any atom is 0.388 e. The van der Waals surface area contributed by atoms with Crippen LogP contribution in [0.2, 0.25) is 0 Å². The number of halogens is 2. The second-order valence-corrected chi connectivity index (χ2v) is 6.41. The molecule has 5 nitrogen and oxygen atoms in total. The number of fused-ring (bicyclic) bond motifs is 2. The minimum absolute atomic E-state index is 0.164. The number of phenols is 1. The molecule has 126 valence electrons. The zero-order valence-corrected chi connectivity index (χ0v) is 13.7. The van der Waals surface area contributed by atoms with Crippen LogP contribution in [0.15, 0.2) is 36.5 Å². The van der Waals surface area contributed by atoms with Crippen molar-refractivity contribution in [2.75, 3.05) is 0 Å². The van der Waals surface area contributed by atoms with Crippen LogP contribution >= 0.6 is 11.3 Å². The van der Waals surface area contributed by atoms with Crippen molar-refractivity contribution in [2.24, 2.45) is 0 Å². The fourth-order valence-corrected chi connectivity index (χ4v) is 3.60. The van der Waals surface area contributed by atoms with Crippen molar-refractivity contribution >= 4 is 32.6 Å². The third kappa shape index (κ3) is 2.85. The molecule has 0 spiro atoms. The van der Waals surface area contributed by atoms with E-state index in [2.05, 4.69) is 19.7 Å². The minimum atomic E-state index is -2.96. The lowest BCUT2D eigenvalue weighted by atomic mass is 10.1. The molecule has 0 saturated carbocycles. The van der Waals surface area contributed by atoms with E-state index in [0.29, 0.717) is 26.3 Å². The Kier molecular flexibility index (Phi) is 3.69. The molecular weight excluding hydrogens is 348 g/mol. The number of hydrogen-bond acceptors (Lipinski definition) is 6. The van der Waals surface area contributed by atoms with E-state index in [1.165, 1.54) is 11.3 Å². The number of nitrogens with zero attached hydrogens (tertiary/aromatic N) is 3. The van der Waals surface area contributed by atoms with Gasteiger partial charge in [-0.15, -0.1) is 11.3 Å². The monoisotopic (exact) mass is 359 g/mol. The smallest absolute Gasteiger partial charge is 0.388 e. The number of ether oxygens (including phenoxy) is 1. The summed E-state index contributed by atoms with van der Waals surface area (Å²) in [6.45, 7) is -1.08. The largest absolute Gasteiger partial charge is 0.506 e. The Balaban J connectivity index is 1.92. The number of hydrogen-bond donors (Lipinski definition) is 1. The van der Waals surface area contributed by atoms with Crippen LogP contribution in [0.4, 0.5) is 8.78 Å². The molecule has 2 aromatic heterocycles. The number of alkyl halides is 2. The van der Waals surface area contributed by atoms with Crippen molar-refractivity contribution < 1.29 is 18.6 Å². The van der Waals surface area contributed by atoms with E-state index in [4.69, 9.17) is 0 Å². The maximum absolute atomic E-state index is 12.4. The van der Waals surface area contributed by atoms with Gasteiger partial charge in [0.2, 0.25) is 5.88 Å². The molecule has 0 atom stereocenters. The Bertz CT molecular complexity index is 1100. The van der Waals surface area contributed by atoms with Gasteiger partial charge in [-0.25, -0.2) is 15.0 Å². The first-order valence-corrected chi connectivity index (χ1v) is 8.14. The van der Waals surface area contributed by atoms with Crippen LogP contribution in [0.3, 0.4) is 0 Å². The van der Waals surface area contributed by atoms with Crippen molar-refractivity contribution in [3.63, 3.8) is 0 Å². The number of thiazole rings is 1. The molecule has 4 aromatic rings. The molecule has 2 heterocycles. The molecule has 25 heavy (non-hydrogen) atoms. The van der Waals surface area contributed by atoms with Crippen LogP contribution < -0.4 is 4.74 Å². The topological polar surface area (TPSA) is 68.1 Å². The third-order valence-corrected chi connectivity index (χ3v) is 4.73. The summed E-state index contributed by atoms with van der Waals surface area (Å²) in [5.74, 6) is -0.0714. The van der Waals surface area contributed by atoms with Crippen molar-refractivity contribution in [3.05, 3.63) is 42.1 Å². The van der Waals surface area contributed by atoms with Gasteiger partial charge in [-0.3, -0.25) is 0 Å². The Morgan fingerprint density at radius 1 is 1.16 bits per heavy atom. The zero-order chi connectivity index (χ0) is 17.6. The van der Waals surface area contributed by atoms with Crippen molar-refractivity contribution in [2.45, 2.75) is 13.5 Å². The summed E-state index contributed by atoms with van der Waals surface area (Å²) in [6, 6.07) is 8.79. The summed E-state index contributed by atoms with van der Waals surface area (Å²) < 4.78 is 29.8. The second-order valence-electron chi connectivity index (χ2n) is 5.41. The predicted octanol–water partition coefficient (Wildman–Crippen LogP) is 4.52. The number of phenolic OH excluding ortho intramolecular Hbond substituents is 1. The van der Waals surface area contributed by atoms with Crippen LogP contribution in [0.1, 0.15) is 5.56 Å². The summed E-state index contributed by atoms with van der Waals surface area (Å²) in [4.78, 5) is 12.9. The van der Waals surface area contributed by atoms with Crippen molar-refractivity contribution in [1.82, 2.24) is 15.0 Å². The lowest BCUT2D eigenvalue weighted by Gasteiger charge is -2.07. The zero-order valence-electron chi connectivity index (χ0n) is 12.9. The molecule has 8 heteroatoms. The van der Waals surface area contributed by atoms with Crippen LogP contribution in [0.25, 0.3) is 31.8 Å². The van der Waals surface area contributed by atoms with Crippen LogP contribution in [0, 0.1) is 6.92 Å². The Morgan fingerprint density at radius 3 is 2.76 bits per heavy atom. The van der Waals surface area contributed by atoms with E-state index in [-0.39, 0.29) is 11.6 Å². The van der Waals surface area contributed by atoms with Gasteiger partial charge in [0.25, 0.3) is 0 Å². The highest BCUT2D eigenvalue weighted by atomic mass is 32.1. The van der Waals surface area contributed by atoms with Crippen molar-refractivity contribution in [3.8, 4) is 22.2 Å². The summed E-state index contributed by atoms with van der Waals surface area (Å²) in [7, 11) is 0. The summed E-state index contributed by atoms with van der Waals surface area (Å²) >= 11 is 1.34. The molecule has 0 bridgehead atoms. The van der Waals surface area contributed by atoms with Gasteiger partial charge in [-0.05, 0) is 36.8 Å². The first-order valence-electron chi connectivity index (χ1n) is 7.32. The first-order chi connectivity index (χ1) is 12.0. The average Bonchev–Trinajstić information content (AvgIpc) is 2.98. The van der Waals surface area contributed by atoms with E-state index in [1.807, 2.05) is 19.1 Å². The second kappa shape index (κ2) is 5.89. The van der Waals surface area contributed by atoms with Gasteiger partial charge in [-0.2, -0.15) is 8.78 Å². The van der Waals surface area contributed by atoms with E-state index >= 15 is 0 Å². The lowest BCUT2D eigenvalue weighted by Crippen LogP contribution is -2.04. The Labute approximate surface area is 144 Å². The van der Waals surface area contributed by atoms with Gasteiger partial charge in [0.05, 0.1) is 27.4 Å². The Morgan fingerprint density at radius 2 is 2.00 bits per heavy atom. The average molecular weight is 359 g/mol. The number of rotatable bonds is 3. The molecule has 0 saturated heterocycles. The maximum atomic E-state index is 12.4. The molecule has 4 rings (SSSR count). The molecule has 0 aliphatic heterocycles. The van der Waals surface area contributed by atoms with E-state index in [1.54, 1.807) is 18.2 Å². The highest BCUT2D eigenvalue weighted by Gasteiger charge is 2.15. The van der Waals surface area contributed by atoms with Crippen molar-refractivity contribution in [1.29, 1.82) is 0 Å².